The third-order valence-corrected chi connectivity index (χ3v) is 4.46. The molecule has 3 aromatic carbocycles. The van der Waals surface area contributed by atoms with Crippen molar-refractivity contribution < 1.29 is 18.7 Å². The topological polar surface area (TPSA) is 55.4 Å². The van der Waals surface area contributed by atoms with Gasteiger partial charge in [-0.2, -0.15) is 0 Å². The van der Waals surface area contributed by atoms with Crippen LogP contribution >= 0.6 is 11.6 Å². The number of nitrogens with one attached hydrogen (secondary N) is 1. The Bertz CT molecular complexity index is 980. The minimum absolute atomic E-state index is 0.0471. The normalized spacial score (nSPS) is 11.8. The summed E-state index contributed by atoms with van der Waals surface area (Å²) in [7, 11) is 0. The molecule has 0 bridgehead atoms. The van der Waals surface area contributed by atoms with E-state index in [9.17, 15) is 14.0 Å². The molecule has 0 heterocycles. The molecule has 4 nitrogen and oxygen atoms in total. The van der Waals surface area contributed by atoms with Gasteiger partial charge in [0.05, 0.1) is 6.42 Å². The Morgan fingerprint density at radius 1 is 1.07 bits per heavy atom. The Kier molecular flexibility index (Phi) is 5.72. The first-order valence-corrected chi connectivity index (χ1v) is 8.74. The van der Waals surface area contributed by atoms with Gasteiger partial charge in [-0.15, -0.1) is 0 Å². The molecule has 138 valence electrons. The Hall–Kier alpha value is -2.92. The smallest absolute Gasteiger partial charge is 0.311 e. The highest BCUT2D eigenvalue weighted by Gasteiger charge is 2.20. The number of hydrogen-bond donors (Lipinski definition) is 1. The zero-order chi connectivity index (χ0) is 19.4. The Morgan fingerprint density at radius 3 is 2.56 bits per heavy atom. The predicted molar refractivity (Wildman–Crippen MR) is 103 cm³/mol. The summed E-state index contributed by atoms with van der Waals surface area (Å²) >= 11 is 5.91. The standard InChI is InChI=1S/C21H17ClFNO3/c1-13(27-20(25)12-16-17(22)9-5-10-18(16)23)21(26)24-19-11-4-7-14-6-2-3-8-15(14)19/h2-11,13H,12H2,1H3,(H,24,26)/t13-/m1/s1. The Morgan fingerprint density at radius 2 is 1.78 bits per heavy atom. The average Bonchev–Trinajstić information content (AvgIpc) is 2.65. The molecule has 1 atom stereocenters. The van der Waals surface area contributed by atoms with Gasteiger partial charge >= 0.3 is 5.97 Å². The Labute approximate surface area is 160 Å². The summed E-state index contributed by atoms with van der Waals surface area (Å²) in [4.78, 5) is 24.5. The molecule has 0 aliphatic heterocycles. The summed E-state index contributed by atoms with van der Waals surface area (Å²) < 4.78 is 18.9. The van der Waals surface area contributed by atoms with Crippen molar-refractivity contribution in [2.45, 2.75) is 19.4 Å². The van der Waals surface area contributed by atoms with Gasteiger partial charge in [-0.3, -0.25) is 9.59 Å². The monoisotopic (exact) mass is 385 g/mol. The van der Waals surface area contributed by atoms with Gasteiger partial charge in [0.1, 0.15) is 5.82 Å². The maximum Gasteiger partial charge on any atom is 0.311 e. The zero-order valence-electron chi connectivity index (χ0n) is 14.5. The second-order valence-electron chi connectivity index (χ2n) is 6.03. The van der Waals surface area contributed by atoms with Crippen LogP contribution in [0.2, 0.25) is 5.02 Å². The number of benzene rings is 3. The van der Waals surface area contributed by atoms with Crippen molar-refractivity contribution in [3.05, 3.63) is 77.1 Å². The molecule has 0 aromatic heterocycles. The van der Waals surface area contributed by atoms with Gasteiger partial charge in [-0.25, -0.2) is 4.39 Å². The first kappa shape index (κ1) is 18.9. The SMILES string of the molecule is C[C@@H](OC(=O)Cc1c(F)cccc1Cl)C(=O)Nc1cccc2ccccc12. The zero-order valence-corrected chi connectivity index (χ0v) is 15.3. The van der Waals surface area contributed by atoms with Crippen LogP contribution in [-0.2, 0) is 20.7 Å². The number of hydrogen-bond acceptors (Lipinski definition) is 3. The fraction of sp³-hybridized carbons (Fsp3) is 0.143. The fourth-order valence-electron chi connectivity index (χ4n) is 2.71. The molecule has 3 rings (SSSR count). The molecule has 0 radical (unpaired) electrons. The molecule has 3 aromatic rings. The fourth-order valence-corrected chi connectivity index (χ4v) is 2.94. The van der Waals surface area contributed by atoms with Gasteiger partial charge in [0.2, 0.25) is 0 Å². The van der Waals surface area contributed by atoms with Crippen molar-refractivity contribution in [1.29, 1.82) is 0 Å². The number of ether oxygens (including phenoxy) is 1. The third kappa shape index (κ3) is 4.44. The number of carbonyl (C=O) groups is 2. The summed E-state index contributed by atoms with van der Waals surface area (Å²) in [6.07, 6.45) is -1.39. The van der Waals surface area contributed by atoms with Crippen LogP contribution in [0, 0.1) is 5.82 Å². The Balaban J connectivity index is 1.66. The molecule has 6 heteroatoms. The van der Waals surface area contributed by atoms with E-state index in [2.05, 4.69) is 5.32 Å². The second kappa shape index (κ2) is 8.18. The predicted octanol–water partition coefficient (Wildman–Crippen LogP) is 4.75. The van der Waals surface area contributed by atoms with Crippen molar-refractivity contribution in [2.75, 3.05) is 5.32 Å². The quantitative estimate of drug-likeness (QED) is 0.645. The van der Waals surface area contributed by atoms with Crippen LogP contribution in [0.3, 0.4) is 0 Å². The molecule has 0 saturated heterocycles. The highest BCUT2D eigenvalue weighted by Crippen LogP contribution is 2.23. The lowest BCUT2D eigenvalue weighted by Crippen LogP contribution is -2.30. The van der Waals surface area contributed by atoms with E-state index in [-0.39, 0.29) is 17.0 Å². The minimum atomic E-state index is -1.04. The van der Waals surface area contributed by atoms with E-state index >= 15 is 0 Å². The van der Waals surface area contributed by atoms with Crippen molar-refractivity contribution >= 4 is 39.9 Å². The molecule has 1 N–H and O–H groups in total. The summed E-state index contributed by atoms with van der Waals surface area (Å²) in [6.45, 7) is 1.46. The summed E-state index contributed by atoms with van der Waals surface area (Å²) in [6, 6.07) is 17.3. The van der Waals surface area contributed by atoms with Crippen molar-refractivity contribution in [3.63, 3.8) is 0 Å². The van der Waals surface area contributed by atoms with Crippen LogP contribution in [0.15, 0.2) is 60.7 Å². The second-order valence-corrected chi connectivity index (χ2v) is 6.43. The van der Waals surface area contributed by atoms with Crippen LogP contribution in [0.5, 0.6) is 0 Å². The van der Waals surface area contributed by atoms with E-state index in [1.54, 1.807) is 6.07 Å². The first-order chi connectivity index (χ1) is 13.0. The highest BCUT2D eigenvalue weighted by atomic mass is 35.5. The summed E-state index contributed by atoms with van der Waals surface area (Å²) in [5.41, 5.74) is 0.670. The van der Waals surface area contributed by atoms with E-state index in [1.807, 2.05) is 36.4 Å². The maximum absolute atomic E-state index is 13.8. The molecule has 0 saturated carbocycles. The van der Waals surface area contributed by atoms with E-state index in [1.165, 1.54) is 25.1 Å². The van der Waals surface area contributed by atoms with Gasteiger partial charge in [-0.05, 0) is 30.5 Å². The summed E-state index contributed by atoms with van der Waals surface area (Å²) in [5, 5.41) is 4.76. The molecular weight excluding hydrogens is 369 g/mol. The minimum Gasteiger partial charge on any atom is -0.452 e. The molecule has 27 heavy (non-hydrogen) atoms. The molecule has 0 aliphatic carbocycles. The number of fused-ring (bicyclic) bond motifs is 1. The van der Waals surface area contributed by atoms with Gasteiger partial charge < -0.3 is 10.1 Å². The van der Waals surface area contributed by atoms with E-state index in [0.29, 0.717) is 5.69 Å². The van der Waals surface area contributed by atoms with E-state index in [4.69, 9.17) is 16.3 Å². The largest absolute Gasteiger partial charge is 0.452 e. The van der Waals surface area contributed by atoms with Crippen LogP contribution in [0.25, 0.3) is 10.8 Å². The van der Waals surface area contributed by atoms with E-state index < -0.39 is 23.8 Å². The number of anilines is 1. The van der Waals surface area contributed by atoms with Crippen LogP contribution in [0.1, 0.15) is 12.5 Å². The van der Waals surface area contributed by atoms with Gasteiger partial charge in [-0.1, -0.05) is 54.1 Å². The molecule has 0 spiro atoms. The molecule has 0 aliphatic rings. The van der Waals surface area contributed by atoms with Crippen molar-refractivity contribution in [1.82, 2.24) is 0 Å². The average molecular weight is 386 g/mol. The number of esters is 1. The molecule has 1 amide bonds. The lowest BCUT2D eigenvalue weighted by Gasteiger charge is -2.15. The molecular formula is C21H17ClFNO3. The van der Waals surface area contributed by atoms with Crippen molar-refractivity contribution in [2.24, 2.45) is 0 Å². The first-order valence-electron chi connectivity index (χ1n) is 8.36. The lowest BCUT2D eigenvalue weighted by atomic mass is 10.1. The molecule has 0 unspecified atom stereocenters. The number of rotatable bonds is 5. The van der Waals surface area contributed by atoms with Crippen molar-refractivity contribution in [3.8, 4) is 0 Å². The van der Waals surface area contributed by atoms with E-state index in [0.717, 1.165) is 10.8 Å². The van der Waals surface area contributed by atoms with Crippen LogP contribution in [0.4, 0.5) is 10.1 Å². The van der Waals surface area contributed by atoms with Crippen LogP contribution < -0.4 is 5.32 Å². The number of carbonyl (C=O) groups excluding carboxylic acids is 2. The van der Waals surface area contributed by atoms with Gasteiger partial charge in [0.25, 0.3) is 5.91 Å². The summed E-state index contributed by atoms with van der Waals surface area (Å²) in [5.74, 6) is -1.80. The molecule has 0 fully saturated rings. The number of amides is 1. The van der Waals surface area contributed by atoms with Gasteiger partial charge in [0, 0.05) is 21.7 Å². The maximum atomic E-state index is 13.8. The third-order valence-electron chi connectivity index (χ3n) is 4.11. The number of halogens is 2. The lowest BCUT2D eigenvalue weighted by molar-refractivity contribution is -0.152. The highest BCUT2D eigenvalue weighted by molar-refractivity contribution is 6.31. The van der Waals surface area contributed by atoms with Crippen LogP contribution in [-0.4, -0.2) is 18.0 Å². The van der Waals surface area contributed by atoms with Gasteiger partial charge in [0.15, 0.2) is 6.10 Å².